The highest BCUT2D eigenvalue weighted by atomic mass is 127. The van der Waals surface area contributed by atoms with Crippen molar-refractivity contribution in [2.45, 2.75) is 6.92 Å². The number of carbonyl (C=O) groups excluding carboxylic acids is 2. The van der Waals surface area contributed by atoms with Crippen molar-refractivity contribution in [3.8, 4) is 5.75 Å². The van der Waals surface area contributed by atoms with Gasteiger partial charge >= 0.3 is 11.9 Å². The fourth-order valence-corrected chi connectivity index (χ4v) is 4.57. The Bertz CT molecular complexity index is 1020. The van der Waals surface area contributed by atoms with Gasteiger partial charge in [-0.1, -0.05) is 18.2 Å². The van der Waals surface area contributed by atoms with Crippen molar-refractivity contribution in [2.24, 2.45) is 5.10 Å². The van der Waals surface area contributed by atoms with Crippen LogP contribution in [0.25, 0.3) is 11.0 Å². The largest absolute Gasteiger partial charge is 0.480 e. The molecule has 0 aliphatic rings. The van der Waals surface area contributed by atoms with Crippen LogP contribution >= 0.6 is 45.2 Å². The van der Waals surface area contributed by atoms with Crippen LogP contribution in [0.2, 0.25) is 0 Å². The monoisotopic (exact) mass is 618 g/mol. The van der Waals surface area contributed by atoms with Crippen molar-refractivity contribution in [1.82, 2.24) is 5.43 Å². The molecule has 0 atom stereocenters. The van der Waals surface area contributed by atoms with Crippen LogP contribution < -0.4 is 10.2 Å². The summed E-state index contributed by atoms with van der Waals surface area (Å²) in [5, 5.41) is 4.84. The Morgan fingerprint density at radius 3 is 2.59 bits per heavy atom. The molecule has 150 valence electrons. The van der Waals surface area contributed by atoms with Gasteiger partial charge in [0.25, 0.3) is 0 Å². The smallest absolute Gasteiger partial charge is 0.344 e. The van der Waals surface area contributed by atoms with Gasteiger partial charge < -0.3 is 13.9 Å². The number of hydrazone groups is 1. The van der Waals surface area contributed by atoms with Crippen LogP contribution in [-0.4, -0.2) is 31.3 Å². The predicted molar refractivity (Wildman–Crippen MR) is 125 cm³/mol. The summed E-state index contributed by atoms with van der Waals surface area (Å²) in [5.41, 5.74) is 3.87. The summed E-state index contributed by atoms with van der Waals surface area (Å²) in [5.74, 6) is -0.0628. The molecule has 1 heterocycles. The number of fused-ring (bicyclic) bond motifs is 1. The van der Waals surface area contributed by atoms with Crippen molar-refractivity contribution in [1.29, 1.82) is 0 Å². The third kappa shape index (κ3) is 5.69. The standard InChI is InChI=1S/C20H16I2N2O5/c1-2-27-18(25)11-28-19-14(21)7-12(8-15(19)22)10-23-24-20(26)17-9-13-5-3-4-6-16(13)29-17/h3-10H,2,11H2,1H3,(H,24,26)/b23-10+. The first kappa shape index (κ1) is 21.6. The number of rotatable bonds is 7. The van der Waals surface area contributed by atoms with Gasteiger partial charge in [0.2, 0.25) is 0 Å². The second-order valence-electron chi connectivity index (χ2n) is 5.75. The van der Waals surface area contributed by atoms with Crippen molar-refractivity contribution >= 4 is 74.2 Å². The molecule has 9 heteroatoms. The lowest BCUT2D eigenvalue weighted by molar-refractivity contribution is -0.145. The molecule has 0 radical (unpaired) electrons. The van der Waals surface area contributed by atoms with Crippen LogP contribution in [0.3, 0.4) is 0 Å². The van der Waals surface area contributed by atoms with Crippen LogP contribution in [0, 0.1) is 7.14 Å². The third-order valence-corrected chi connectivity index (χ3v) is 5.29. The lowest BCUT2D eigenvalue weighted by atomic mass is 10.2. The quantitative estimate of drug-likeness (QED) is 0.184. The van der Waals surface area contributed by atoms with Gasteiger partial charge in [0, 0.05) is 5.39 Å². The first-order valence-electron chi connectivity index (χ1n) is 8.57. The summed E-state index contributed by atoms with van der Waals surface area (Å²) in [6.07, 6.45) is 1.53. The minimum atomic E-state index is -0.434. The molecule has 0 spiro atoms. The highest BCUT2D eigenvalue weighted by Crippen LogP contribution is 2.28. The van der Waals surface area contributed by atoms with E-state index in [4.69, 9.17) is 13.9 Å². The fraction of sp³-hybridized carbons (Fsp3) is 0.150. The molecule has 0 fully saturated rings. The number of ether oxygens (including phenoxy) is 2. The van der Waals surface area contributed by atoms with Crippen LogP contribution in [0.15, 0.2) is 52.0 Å². The van der Waals surface area contributed by atoms with Crippen LogP contribution in [0.5, 0.6) is 5.75 Å². The van der Waals surface area contributed by atoms with E-state index in [1.165, 1.54) is 6.21 Å². The Labute approximate surface area is 194 Å². The maximum Gasteiger partial charge on any atom is 0.344 e. The molecule has 3 aromatic rings. The number of hydrogen-bond acceptors (Lipinski definition) is 6. The molecule has 0 bridgehead atoms. The molecule has 3 rings (SSSR count). The van der Waals surface area contributed by atoms with Crippen molar-refractivity contribution in [3.63, 3.8) is 0 Å². The lowest BCUT2D eigenvalue weighted by Gasteiger charge is -2.10. The first-order chi connectivity index (χ1) is 14.0. The van der Waals surface area contributed by atoms with E-state index < -0.39 is 11.9 Å². The van der Waals surface area contributed by atoms with Gasteiger partial charge in [0.05, 0.1) is 20.0 Å². The van der Waals surface area contributed by atoms with Gasteiger partial charge in [-0.15, -0.1) is 0 Å². The van der Waals surface area contributed by atoms with Crippen molar-refractivity contribution in [2.75, 3.05) is 13.2 Å². The second kappa shape index (κ2) is 10.1. The maximum atomic E-state index is 12.2. The van der Waals surface area contributed by atoms with Crippen molar-refractivity contribution < 1.29 is 23.5 Å². The molecule has 0 unspecified atom stereocenters. The summed E-state index contributed by atoms with van der Waals surface area (Å²) in [6, 6.07) is 12.7. The maximum absolute atomic E-state index is 12.2. The number of esters is 1. The summed E-state index contributed by atoms with van der Waals surface area (Å²) < 4.78 is 17.5. The number of carbonyl (C=O) groups is 2. The van der Waals surface area contributed by atoms with E-state index in [-0.39, 0.29) is 12.4 Å². The zero-order valence-corrected chi connectivity index (χ0v) is 19.6. The molecule has 7 nitrogen and oxygen atoms in total. The zero-order valence-electron chi connectivity index (χ0n) is 15.3. The first-order valence-corrected chi connectivity index (χ1v) is 10.7. The van der Waals surface area contributed by atoms with E-state index in [0.29, 0.717) is 17.9 Å². The second-order valence-corrected chi connectivity index (χ2v) is 8.08. The number of nitrogens with one attached hydrogen (secondary N) is 1. The molecule has 0 saturated heterocycles. The van der Waals surface area contributed by atoms with E-state index in [9.17, 15) is 9.59 Å². The Morgan fingerprint density at radius 1 is 1.17 bits per heavy atom. The predicted octanol–water partition coefficient (Wildman–Crippen LogP) is 4.35. The molecule has 2 aromatic carbocycles. The van der Waals surface area contributed by atoms with Gasteiger partial charge in [-0.25, -0.2) is 10.2 Å². The number of amides is 1. The molecule has 0 aliphatic heterocycles. The number of nitrogens with zero attached hydrogens (tertiary/aromatic N) is 1. The van der Waals surface area contributed by atoms with Crippen LogP contribution in [0.4, 0.5) is 0 Å². The Hall–Kier alpha value is -2.15. The number of halogens is 2. The average molecular weight is 618 g/mol. The lowest BCUT2D eigenvalue weighted by Crippen LogP contribution is -2.17. The van der Waals surface area contributed by atoms with Gasteiger partial charge in [0.1, 0.15) is 11.3 Å². The van der Waals surface area contributed by atoms with Crippen LogP contribution in [0.1, 0.15) is 23.0 Å². The molecule has 0 aliphatic carbocycles. The SMILES string of the molecule is CCOC(=O)COc1c(I)cc(/C=N/NC(=O)c2cc3ccccc3o2)cc1I. The number of para-hydroxylation sites is 1. The average Bonchev–Trinajstić information content (AvgIpc) is 3.12. The van der Waals surface area contributed by atoms with E-state index in [1.807, 2.05) is 30.3 Å². The van der Waals surface area contributed by atoms with Gasteiger partial charge in [-0.2, -0.15) is 5.10 Å². The third-order valence-electron chi connectivity index (χ3n) is 3.69. The summed E-state index contributed by atoms with van der Waals surface area (Å²) in [6.45, 7) is 1.90. The topological polar surface area (TPSA) is 90.1 Å². The molecular weight excluding hydrogens is 602 g/mol. The Kier molecular flexibility index (Phi) is 7.47. The molecule has 1 N–H and O–H groups in total. The number of hydrogen-bond donors (Lipinski definition) is 1. The zero-order chi connectivity index (χ0) is 20.8. The summed E-state index contributed by atoms with van der Waals surface area (Å²) in [4.78, 5) is 23.7. The fourth-order valence-electron chi connectivity index (χ4n) is 2.44. The van der Waals surface area contributed by atoms with Crippen molar-refractivity contribution in [3.05, 3.63) is 60.9 Å². The van der Waals surface area contributed by atoms with Gasteiger partial charge in [-0.3, -0.25) is 4.79 Å². The van der Waals surface area contributed by atoms with E-state index in [0.717, 1.165) is 18.1 Å². The number of benzene rings is 2. The minimum absolute atomic E-state index is 0.152. The summed E-state index contributed by atoms with van der Waals surface area (Å²) >= 11 is 4.23. The molecular formula is C20H16I2N2O5. The molecule has 1 amide bonds. The van der Waals surface area contributed by atoms with E-state index >= 15 is 0 Å². The van der Waals surface area contributed by atoms with Gasteiger partial charge in [-0.05, 0) is 81.9 Å². The number of furan rings is 1. The normalized spacial score (nSPS) is 11.0. The molecule has 0 saturated carbocycles. The minimum Gasteiger partial charge on any atom is -0.480 e. The van der Waals surface area contributed by atoms with Crippen LogP contribution in [-0.2, 0) is 9.53 Å². The Morgan fingerprint density at radius 2 is 1.90 bits per heavy atom. The van der Waals surface area contributed by atoms with E-state index in [1.54, 1.807) is 19.1 Å². The Balaban J connectivity index is 1.64. The molecule has 29 heavy (non-hydrogen) atoms. The highest BCUT2D eigenvalue weighted by Gasteiger charge is 2.13. The van der Waals surface area contributed by atoms with Gasteiger partial charge in [0.15, 0.2) is 12.4 Å². The highest BCUT2D eigenvalue weighted by molar-refractivity contribution is 14.1. The summed E-state index contributed by atoms with van der Waals surface area (Å²) in [7, 11) is 0. The molecule has 1 aromatic heterocycles. The van der Waals surface area contributed by atoms with E-state index in [2.05, 4.69) is 55.7 Å².